The minimum absolute atomic E-state index is 0.0913. The Balaban J connectivity index is 2.81. The van der Waals surface area contributed by atoms with Crippen molar-refractivity contribution < 1.29 is 9.53 Å². The van der Waals surface area contributed by atoms with Crippen molar-refractivity contribution in [1.82, 2.24) is 10.2 Å². The van der Waals surface area contributed by atoms with Crippen molar-refractivity contribution in [3.63, 3.8) is 0 Å². The zero-order valence-electron chi connectivity index (χ0n) is 14.6. The fraction of sp³-hybridized carbons (Fsp3) is 0.941. The Kier molecular flexibility index (Phi) is 7.67. The van der Waals surface area contributed by atoms with Gasteiger partial charge in [-0.05, 0) is 52.1 Å². The standard InChI is InChI=1S/C17H34N2O2/c1-6-9-12-19(14(4)7-2)15-10-11-17(13-15,18-8-3)16(20)21-5/h14-15,18H,6-13H2,1-5H3. The third kappa shape index (κ3) is 4.43. The number of unbranched alkanes of at least 4 members (excludes halogenated alkanes) is 1. The average Bonchev–Trinajstić information content (AvgIpc) is 2.92. The molecule has 0 aromatic heterocycles. The van der Waals surface area contributed by atoms with E-state index in [0.717, 1.165) is 38.8 Å². The highest BCUT2D eigenvalue weighted by Crippen LogP contribution is 2.35. The highest BCUT2D eigenvalue weighted by atomic mass is 16.5. The van der Waals surface area contributed by atoms with E-state index in [1.165, 1.54) is 20.0 Å². The van der Waals surface area contributed by atoms with Gasteiger partial charge in [0.15, 0.2) is 0 Å². The molecule has 1 N–H and O–H groups in total. The lowest BCUT2D eigenvalue weighted by molar-refractivity contribution is -0.148. The molecular weight excluding hydrogens is 264 g/mol. The van der Waals surface area contributed by atoms with E-state index in [4.69, 9.17) is 4.74 Å². The van der Waals surface area contributed by atoms with Crippen molar-refractivity contribution in [2.24, 2.45) is 0 Å². The van der Waals surface area contributed by atoms with Gasteiger partial charge in [-0.3, -0.25) is 9.69 Å². The summed E-state index contributed by atoms with van der Waals surface area (Å²) in [6.45, 7) is 10.8. The molecule has 124 valence electrons. The summed E-state index contributed by atoms with van der Waals surface area (Å²) in [5, 5.41) is 3.41. The molecule has 3 unspecified atom stereocenters. The summed E-state index contributed by atoms with van der Waals surface area (Å²) in [5.41, 5.74) is -0.466. The van der Waals surface area contributed by atoms with Crippen molar-refractivity contribution >= 4 is 5.97 Å². The number of hydrogen-bond acceptors (Lipinski definition) is 4. The molecule has 0 aromatic rings. The number of methoxy groups -OCH3 is 1. The van der Waals surface area contributed by atoms with Gasteiger partial charge in [0.2, 0.25) is 0 Å². The second-order valence-corrected chi connectivity index (χ2v) is 6.35. The number of hydrogen-bond donors (Lipinski definition) is 1. The number of carbonyl (C=O) groups excluding carboxylic acids is 1. The molecule has 1 aliphatic rings. The Morgan fingerprint density at radius 3 is 2.67 bits per heavy atom. The van der Waals surface area contributed by atoms with E-state index >= 15 is 0 Å². The minimum atomic E-state index is -0.466. The summed E-state index contributed by atoms with van der Waals surface area (Å²) in [5.74, 6) is -0.0913. The first-order chi connectivity index (χ1) is 10.0. The van der Waals surface area contributed by atoms with Crippen molar-refractivity contribution in [3.05, 3.63) is 0 Å². The molecule has 1 aliphatic carbocycles. The van der Waals surface area contributed by atoms with E-state index < -0.39 is 5.54 Å². The van der Waals surface area contributed by atoms with Gasteiger partial charge in [-0.25, -0.2) is 0 Å². The molecular formula is C17H34N2O2. The Morgan fingerprint density at radius 2 is 2.14 bits per heavy atom. The van der Waals surface area contributed by atoms with Crippen LogP contribution in [-0.4, -0.2) is 48.7 Å². The van der Waals surface area contributed by atoms with Gasteiger partial charge in [-0.1, -0.05) is 27.2 Å². The van der Waals surface area contributed by atoms with Crippen molar-refractivity contribution in [2.75, 3.05) is 20.2 Å². The third-order valence-corrected chi connectivity index (χ3v) is 4.98. The second kappa shape index (κ2) is 8.74. The fourth-order valence-corrected chi connectivity index (χ4v) is 3.59. The summed E-state index contributed by atoms with van der Waals surface area (Å²) >= 11 is 0. The Morgan fingerprint density at radius 1 is 1.43 bits per heavy atom. The second-order valence-electron chi connectivity index (χ2n) is 6.35. The number of rotatable bonds is 9. The number of nitrogens with zero attached hydrogens (tertiary/aromatic N) is 1. The smallest absolute Gasteiger partial charge is 0.326 e. The number of carbonyl (C=O) groups is 1. The lowest BCUT2D eigenvalue weighted by atomic mass is 9.96. The van der Waals surface area contributed by atoms with Crippen molar-refractivity contribution in [2.45, 2.75) is 83.8 Å². The predicted molar refractivity (Wildman–Crippen MR) is 87.4 cm³/mol. The number of nitrogens with one attached hydrogen (secondary N) is 1. The third-order valence-electron chi connectivity index (χ3n) is 4.98. The molecule has 0 amide bonds. The molecule has 21 heavy (non-hydrogen) atoms. The molecule has 0 aromatic carbocycles. The molecule has 0 radical (unpaired) electrons. The summed E-state index contributed by atoms with van der Waals surface area (Å²) in [7, 11) is 1.50. The molecule has 0 bridgehead atoms. The molecule has 0 aliphatic heterocycles. The fourth-order valence-electron chi connectivity index (χ4n) is 3.59. The van der Waals surface area contributed by atoms with E-state index in [2.05, 4.69) is 37.9 Å². The van der Waals surface area contributed by atoms with Gasteiger partial charge < -0.3 is 10.1 Å². The molecule has 1 rings (SSSR count). The minimum Gasteiger partial charge on any atom is -0.468 e. The van der Waals surface area contributed by atoms with E-state index in [9.17, 15) is 4.79 Å². The van der Waals surface area contributed by atoms with Gasteiger partial charge in [0, 0.05) is 12.1 Å². The van der Waals surface area contributed by atoms with Gasteiger partial charge >= 0.3 is 5.97 Å². The van der Waals surface area contributed by atoms with E-state index in [0.29, 0.717) is 12.1 Å². The maximum Gasteiger partial charge on any atom is 0.326 e. The molecule has 4 nitrogen and oxygen atoms in total. The molecule has 0 saturated heterocycles. The highest BCUT2D eigenvalue weighted by Gasteiger charge is 2.47. The van der Waals surface area contributed by atoms with Crippen LogP contribution in [0.25, 0.3) is 0 Å². The topological polar surface area (TPSA) is 41.6 Å². The van der Waals surface area contributed by atoms with Crippen LogP contribution in [0.15, 0.2) is 0 Å². The van der Waals surface area contributed by atoms with Gasteiger partial charge in [0.25, 0.3) is 0 Å². The SMILES string of the molecule is CCCCN(C(C)CC)C1CCC(NCC)(C(=O)OC)C1. The van der Waals surface area contributed by atoms with Crippen LogP contribution in [0.2, 0.25) is 0 Å². The molecule has 1 saturated carbocycles. The quantitative estimate of drug-likeness (QED) is 0.665. The maximum absolute atomic E-state index is 12.2. The summed E-state index contributed by atoms with van der Waals surface area (Å²) in [4.78, 5) is 14.9. The lowest BCUT2D eigenvalue weighted by Gasteiger charge is -2.35. The van der Waals surface area contributed by atoms with Crippen LogP contribution in [0.4, 0.5) is 0 Å². The van der Waals surface area contributed by atoms with Gasteiger partial charge in [0.1, 0.15) is 5.54 Å². The molecule has 1 fully saturated rings. The zero-order valence-corrected chi connectivity index (χ0v) is 14.6. The van der Waals surface area contributed by atoms with Crippen LogP contribution >= 0.6 is 0 Å². The van der Waals surface area contributed by atoms with Crippen LogP contribution in [-0.2, 0) is 9.53 Å². The van der Waals surface area contributed by atoms with E-state index in [-0.39, 0.29) is 5.97 Å². The Bertz CT molecular complexity index is 322. The van der Waals surface area contributed by atoms with Crippen LogP contribution in [0.1, 0.15) is 66.2 Å². The van der Waals surface area contributed by atoms with Gasteiger partial charge in [-0.15, -0.1) is 0 Å². The average molecular weight is 298 g/mol. The van der Waals surface area contributed by atoms with Crippen LogP contribution in [0.3, 0.4) is 0 Å². The first-order valence-electron chi connectivity index (χ1n) is 8.63. The lowest BCUT2D eigenvalue weighted by Crippen LogP contribution is -2.52. The normalized spacial score (nSPS) is 27.0. The molecule has 0 heterocycles. The first kappa shape index (κ1) is 18.4. The van der Waals surface area contributed by atoms with Gasteiger partial charge in [0.05, 0.1) is 7.11 Å². The van der Waals surface area contributed by atoms with Crippen molar-refractivity contribution in [3.8, 4) is 0 Å². The zero-order chi connectivity index (χ0) is 15.9. The van der Waals surface area contributed by atoms with E-state index in [1.54, 1.807) is 0 Å². The van der Waals surface area contributed by atoms with Crippen LogP contribution in [0, 0.1) is 0 Å². The van der Waals surface area contributed by atoms with Crippen LogP contribution < -0.4 is 5.32 Å². The Hall–Kier alpha value is -0.610. The number of esters is 1. The number of likely N-dealkylation sites (N-methyl/N-ethyl adjacent to an activating group) is 1. The summed E-state index contributed by atoms with van der Waals surface area (Å²) in [6, 6.07) is 1.07. The monoisotopic (exact) mass is 298 g/mol. The first-order valence-corrected chi connectivity index (χ1v) is 8.63. The predicted octanol–water partition coefficient (Wildman–Crippen LogP) is 2.96. The maximum atomic E-state index is 12.2. The number of ether oxygens (including phenoxy) is 1. The van der Waals surface area contributed by atoms with Crippen molar-refractivity contribution in [1.29, 1.82) is 0 Å². The van der Waals surface area contributed by atoms with Gasteiger partial charge in [-0.2, -0.15) is 0 Å². The highest BCUT2D eigenvalue weighted by molar-refractivity contribution is 5.81. The molecule has 0 spiro atoms. The molecule has 3 atom stereocenters. The van der Waals surface area contributed by atoms with E-state index in [1.807, 2.05) is 0 Å². The van der Waals surface area contributed by atoms with Crippen LogP contribution in [0.5, 0.6) is 0 Å². The summed E-state index contributed by atoms with van der Waals surface area (Å²) in [6.07, 6.45) is 6.45. The summed E-state index contributed by atoms with van der Waals surface area (Å²) < 4.78 is 5.07. The molecule has 4 heteroatoms. The largest absolute Gasteiger partial charge is 0.468 e. The Labute approximate surface area is 130 Å².